The summed E-state index contributed by atoms with van der Waals surface area (Å²) in [5.74, 6) is -0.934. The molecule has 4 N–H and O–H groups in total. The quantitative estimate of drug-likeness (QED) is 0.390. The lowest BCUT2D eigenvalue weighted by Gasteiger charge is -2.04. The van der Waals surface area contributed by atoms with E-state index < -0.39 is 16.4 Å². The zero-order chi connectivity index (χ0) is 10.2. The summed E-state index contributed by atoms with van der Waals surface area (Å²) in [5.41, 5.74) is 9.63. The van der Waals surface area contributed by atoms with E-state index >= 15 is 0 Å². The highest BCUT2D eigenvalue weighted by molar-refractivity contribution is 5.75. The van der Waals surface area contributed by atoms with Gasteiger partial charge in [-0.05, 0) is 18.6 Å². The maximum Gasteiger partial charge on any atom is 0.329 e. The molecule has 0 spiro atoms. The number of nitrogen functional groups attached to an aromatic ring is 2. The van der Waals surface area contributed by atoms with Crippen LogP contribution in [0.3, 0.4) is 0 Å². The summed E-state index contributed by atoms with van der Waals surface area (Å²) in [4.78, 5) is 9.50. The summed E-state index contributed by atoms with van der Waals surface area (Å²) in [6.07, 6.45) is 0. The third-order valence-electron chi connectivity index (χ3n) is 1.67. The Morgan fingerprint density at radius 2 is 2.08 bits per heavy atom. The predicted molar refractivity (Wildman–Crippen MR) is 46.6 cm³/mol. The molecule has 70 valence electrons. The number of nitro benzene ring substituents is 1. The molecule has 0 amide bonds. The van der Waals surface area contributed by atoms with E-state index in [9.17, 15) is 14.5 Å². The fourth-order valence-electron chi connectivity index (χ4n) is 0.995. The Balaban J connectivity index is 3.56. The molecule has 0 unspecified atom stereocenters. The van der Waals surface area contributed by atoms with Crippen LogP contribution in [-0.2, 0) is 0 Å². The van der Waals surface area contributed by atoms with Crippen molar-refractivity contribution in [1.82, 2.24) is 0 Å². The van der Waals surface area contributed by atoms with E-state index in [0.29, 0.717) is 0 Å². The van der Waals surface area contributed by atoms with Crippen LogP contribution in [0, 0.1) is 22.9 Å². The molecule has 0 heterocycles. The van der Waals surface area contributed by atoms with Gasteiger partial charge in [0, 0.05) is 0 Å². The third kappa shape index (κ3) is 1.37. The van der Waals surface area contributed by atoms with E-state index in [1.54, 1.807) is 0 Å². The Kier molecular flexibility index (Phi) is 2.05. The first-order valence-electron chi connectivity index (χ1n) is 3.43. The second-order valence-corrected chi connectivity index (χ2v) is 2.62. The van der Waals surface area contributed by atoms with E-state index in [4.69, 9.17) is 11.5 Å². The number of hydrogen-bond acceptors (Lipinski definition) is 4. The molecule has 0 saturated heterocycles. The molecule has 0 bridgehead atoms. The third-order valence-corrected chi connectivity index (χ3v) is 1.67. The van der Waals surface area contributed by atoms with E-state index in [2.05, 4.69) is 0 Å². The lowest BCUT2D eigenvalue weighted by molar-refractivity contribution is -0.386. The molecule has 0 fully saturated rings. The molecule has 6 heteroatoms. The summed E-state index contributed by atoms with van der Waals surface area (Å²) in [5, 5.41) is 10.4. The van der Waals surface area contributed by atoms with Gasteiger partial charge >= 0.3 is 5.69 Å². The van der Waals surface area contributed by atoms with Crippen LogP contribution in [-0.4, -0.2) is 4.92 Å². The molecule has 0 aliphatic carbocycles. The number of nitro groups is 1. The topological polar surface area (TPSA) is 95.2 Å². The van der Waals surface area contributed by atoms with Crippen molar-refractivity contribution in [3.8, 4) is 0 Å². The lowest BCUT2D eigenvalue weighted by atomic mass is 10.1. The summed E-state index contributed by atoms with van der Waals surface area (Å²) >= 11 is 0. The Morgan fingerprint density at radius 1 is 1.54 bits per heavy atom. The molecule has 1 rings (SSSR count). The van der Waals surface area contributed by atoms with Gasteiger partial charge in [-0.3, -0.25) is 10.1 Å². The Bertz CT molecular complexity index is 352. The van der Waals surface area contributed by atoms with Gasteiger partial charge in [0.25, 0.3) is 0 Å². The van der Waals surface area contributed by atoms with Gasteiger partial charge in [-0.2, -0.15) is 4.39 Å². The number of benzene rings is 1. The molecule has 1 aromatic rings. The average molecular weight is 185 g/mol. The summed E-state index contributed by atoms with van der Waals surface area (Å²) in [7, 11) is 0. The van der Waals surface area contributed by atoms with Crippen molar-refractivity contribution in [1.29, 1.82) is 0 Å². The Morgan fingerprint density at radius 3 is 2.54 bits per heavy atom. The van der Waals surface area contributed by atoms with Crippen LogP contribution in [0.4, 0.5) is 21.5 Å². The highest BCUT2D eigenvalue weighted by Crippen LogP contribution is 2.32. The molecule has 0 radical (unpaired) electrons. The number of rotatable bonds is 1. The van der Waals surface area contributed by atoms with Crippen LogP contribution in [0.1, 0.15) is 5.56 Å². The standard InChI is InChI=1S/C7H8FN3O2/c1-3-2-4(9)6(10)7(5(3)8)11(12)13/h2H,9-10H2,1H3. The van der Waals surface area contributed by atoms with Gasteiger partial charge in [0.1, 0.15) is 5.69 Å². The van der Waals surface area contributed by atoms with Crippen molar-refractivity contribution in [3.05, 3.63) is 27.6 Å². The average Bonchev–Trinajstić information content (AvgIpc) is 2.01. The van der Waals surface area contributed by atoms with Crippen molar-refractivity contribution < 1.29 is 9.31 Å². The van der Waals surface area contributed by atoms with Crippen molar-refractivity contribution in [2.45, 2.75) is 6.92 Å². The first-order chi connectivity index (χ1) is 5.95. The fraction of sp³-hybridized carbons (Fsp3) is 0.143. The molecule has 13 heavy (non-hydrogen) atoms. The van der Waals surface area contributed by atoms with Gasteiger partial charge in [-0.1, -0.05) is 0 Å². The van der Waals surface area contributed by atoms with Crippen LogP contribution in [0.25, 0.3) is 0 Å². The number of nitrogens with two attached hydrogens (primary N) is 2. The second kappa shape index (κ2) is 2.89. The van der Waals surface area contributed by atoms with E-state index in [0.717, 1.165) is 0 Å². The molecule has 0 saturated carbocycles. The minimum Gasteiger partial charge on any atom is -0.397 e. The summed E-state index contributed by atoms with van der Waals surface area (Å²) in [6.45, 7) is 1.39. The van der Waals surface area contributed by atoms with Crippen LogP contribution >= 0.6 is 0 Å². The smallest absolute Gasteiger partial charge is 0.329 e. The fourth-order valence-corrected chi connectivity index (χ4v) is 0.995. The number of halogens is 1. The summed E-state index contributed by atoms with van der Waals surface area (Å²) in [6, 6.07) is 1.26. The first-order valence-corrected chi connectivity index (χ1v) is 3.43. The van der Waals surface area contributed by atoms with Crippen molar-refractivity contribution in [2.75, 3.05) is 11.5 Å². The number of nitrogens with zero attached hydrogens (tertiary/aromatic N) is 1. The van der Waals surface area contributed by atoms with E-state index in [-0.39, 0.29) is 16.9 Å². The van der Waals surface area contributed by atoms with Crippen molar-refractivity contribution >= 4 is 17.1 Å². The highest BCUT2D eigenvalue weighted by Gasteiger charge is 2.22. The van der Waals surface area contributed by atoms with Gasteiger partial charge in [0.05, 0.1) is 10.6 Å². The Labute approximate surface area is 73.3 Å². The van der Waals surface area contributed by atoms with Gasteiger partial charge in [-0.25, -0.2) is 0 Å². The molecular formula is C7H8FN3O2. The van der Waals surface area contributed by atoms with Crippen LogP contribution in [0.2, 0.25) is 0 Å². The molecule has 1 aromatic carbocycles. The molecule has 0 aliphatic heterocycles. The van der Waals surface area contributed by atoms with E-state index in [1.165, 1.54) is 13.0 Å². The number of anilines is 2. The van der Waals surface area contributed by atoms with Crippen molar-refractivity contribution in [3.63, 3.8) is 0 Å². The predicted octanol–water partition coefficient (Wildman–Crippen LogP) is 1.21. The SMILES string of the molecule is Cc1cc(N)c(N)c([N+](=O)[O-])c1F. The second-order valence-electron chi connectivity index (χ2n) is 2.62. The molecule has 5 nitrogen and oxygen atoms in total. The maximum absolute atomic E-state index is 13.1. The number of hydrogen-bond donors (Lipinski definition) is 2. The van der Waals surface area contributed by atoms with Crippen LogP contribution < -0.4 is 11.5 Å². The Hall–Kier alpha value is -1.85. The van der Waals surface area contributed by atoms with Gasteiger partial charge in [-0.15, -0.1) is 0 Å². The zero-order valence-corrected chi connectivity index (χ0v) is 6.87. The highest BCUT2D eigenvalue weighted by atomic mass is 19.1. The minimum atomic E-state index is -0.934. The van der Waals surface area contributed by atoms with Crippen molar-refractivity contribution in [2.24, 2.45) is 0 Å². The van der Waals surface area contributed by atoms with Crippen LogP contribution in [0.5, 0.6) is 0 Å². The van der Waals surface area contributed by atoms with Gasteiger partial charge in [0.15, 0.2) is 0 Å². The summed E-state index contributed by atoms with van der Waals surface area (Å²) < 4.78 is 13.1. The lowest BCUT2D eigenvalue weighted by Crippen LogP contribution is -2.04. The van der Waals surface area contributed by atoms with Gasteiger partial charge < -0.3 is 11.5 Å². The maximum atomic E-state index is 13.1. The van der Waals surface area contributed by atoms with Crippen LogP contribution in [0.15, 0.2) is 6.07 Å². The monoisotopic (exact) mass is 185 g/mol. The zero-order valence-electron chi connectivity index (χ0n) is 6.87. The van der Waals surface area contributed by atoms with E-state index in [1.807, 2.05) is 0 Å². The minimum absolute atomic E-state index is 0.0191. The largest absolute Gasteiger partial charge is 0.397 e. The normalized spacial score (nSPS) is 10.0. The molecule has 0 atom stereocenters. The molecule has 0 aliphatic rings. The molecular weight excluding hydrogens is 177 g/mol. The van der Waals surface area contributed by atoms with Gasteiger partial charge in [0.2, 0.25) is 5.82 Å². The number of aryl methyl sites for hydroxylation is 1. The molecule has 0 aromatic heterocycles. The first kappa shape index (κ1) is 9.24.